The third-order valence-corrected chi connectivity index (χ3v) is 5.58. The van der Waals surface area contributed by atoms with Gasteiger partial charge in [0.25, 0.3) is 0 Å². The van der Waals surface area contributed by atoms with Crippen molar-refractivity contribution in [3.63, 3.8) is 0 Å². The molecule has 120 valence electrons. The maximum Gasteiger partial charge on any atom is 0.177 e. The van der Waals surface area contributed by atoms with Crippen LogP contribution >= 0.6 is 0 Å². The highest BCUT2D eigenvalue weighted by atomic mass is 16.1. The third-order valence-electron chi connectivity index (χ3n) is 5.58. The van der Waals surface area contributed by atoms with Gasteiger partial charge in [-0.25, -0.2) is 0 Å². The van der Waals surface area contributed by atoms with E-state index in [1.54, 1.807) is 0 Å². The summed E-state index contributed by atoms with van der Waals surface area (Å²) < 4.78 is 0. The minimum absolute atomic E-state index is 0.103. The quantitative estimate of drug-likeness (QED) is 0.590. The molecule has 0 saturated heterocycles. The second-order valence-electron chi connectivity index (χ2n) is 6.89. The molecule has 0 bridgehead atoms. The van der Waals surface area contributed by atoms with Gasteiger partial charge in [-0.1, -0.05) is 66.5 Å². The van der Waals surface area contributed by atoms with E-state index in [2.05, 4.69) is 46.2 Å². The molecule has 1 N–H and O–H groups in total. The molecule has 0 radical (unpaired) electrons. The van der Waals surface area contributed by atoms with E-state index in [1.807, 2.05) is 0 Å². The number of allylic oxidation sites excluding steroid dienone is 1. The van der Waals surface area contributed by atoms with Crippen LogP contribution in [0.5, 0.6) is 0 Å². The fourth-order valence-electron chi connectivity index (χ4n) is 2.99. The second-order valence-corrected chi connectivity index (χ2v) is 6.89. The molecule has 21 heavy (non-hydrogen) atoms. The molecule has 1 rings (SSSR count). The van der Waals surface area contributed by atoms with Gasteiger partial charge in [0.15, 0.2) is 5.78 Å². The summed E-state index contributed by atoms with van der Waals surface area (Å²) >= 11 is 0. The first-order valence-electron chi connectivity index (χ1n) is 8.52. The molecular weight excluding hydrogens is 258 g/mol. The summed E-state index contributed by atoms with van der Waals surface area (Å²) in [5.41, 5.74) is 1.00. The molecule has 2 unspecified atom stereocenters. The zero-order valence-corrected chi connectivity index (χ0v) is 14.3. The van der Waals surface area contributed by atoms with Crippen LogP contribution < -0.4 is 5.32 Å². The molecule has 0 aliphatic heterocycles. The van der Waals surface area contributed by atoms with Crippen LogP contribution in [0.15, 0.2) is 24.9 Å². The fraction of sp³-hybridized carbons (Fsp3) is 0.737. The van der Waals surface area contributed by atoms with Crippen LogP contribution in [0.25, 0.3) is 0 Å². The number of carbonyl (C=O) groups excluding carboxylic acids is 1. The molecular formula is C19H33NO. The van der Waals surface area contributed by atoms with E-state index in [0.717, 1.165) is 12.1 Å². The van der Waals surface area contributed by atoms with Gasteiger partial charge >= 0.3 is 0 Å². The standard InChI is InChI=1S/C19H33NO/c1-7-13(3)14(4)15(5)16(6)20-18(19(21)8-2)12-17-10-9-11-17/h8,13-15,17-18,20H,2,6-7,9-12H2,1,3-5H3/t13-,14-,15?,18?/m0/s1. The smallest absolute Gasteiger partial charge is 0.177 e. The summed E-state index contributed by atoms with van der Waals surface area (Å²) in [4.78, 5) is 12.1. The first kappa shape index (κ1) is 18.0. The number of carbonyl (C=O) groups is 1. The van der Waals surface area contributed by atoms with Crippen molar-refractivity contribution in [1.29, 1.82) is 0 Å². The van der Waals surface area contributed by atoms with E-state index in [9.17, 15) is 4.79 Å². The lowest BCUT2D eigenvalue weighted by atomic mass is 9.79. The molecule has 2 heteroatoms. The lowest BCUT2D eigenvalue weighted by Gasteiger charge is -2.33. The molecule has 1 fully saturated rings. The number of ketones is 1. The maximum absolute atomic E-state index is 12.1. The zero-order valence-electron chi connectivity index (χ0n) is 14.3. The molecule has 0 aromatic rings. The van der Waals surface area contributed by atoms with Crippen molar-refractivity contribution in [2.45, 2.75) is 65.8 Å². The summed E-state index contributed by atoms with van der Waals surface area (Å²) in [6, 6.07) is -0.133. The van der Waals surface area contributed by atoms with Gasteiger partial charge in [-0.3, -0.25) is 4.79 Å². The van der Waals surface area contributed by atoms with Crippen LogP contribution in [0.3, 0.4) is 0 Å². The topological polar surface area (TPSA) is 29.1 Å². The van der Waals surface area contributed by atoms with Crippen molar-refractivity contribution in [2.24, 2.45) is 23.7 Å². The molecule has 4 atom stereocenters. The second kappa shape index (κ2) is 8.41. The summed E-state index contributed by atoms with van der Waals surface area (Å²) in [5, 5.41) is 3.41. The lowest BCUT2D eigenvalue weighted by Crippen LogP contribution is -2.40. The highest BCUT2D eigenvalue weighted by Gasteiger charge is 2.27. The Bertz CT molecular complexity index is 370. The van der Waals surface area contributed by atoms with Crippen LogP contribution in [-0.4, -0.2) is 11.8 Å². The SMILES string of the molecule is C=CC(=O)C(CC1CCC1)NC(=C)C(C)[C@@H](C)[C@@H](C)CC. The molecule has 0 aromatic carbocycles. The molecule has 1 saturated carbocycles. The average Bonchev–Trinajstić information content (AvgIpc) is 2.45. The van der Waals surface area contributed by atoms with Crippen LogP contribution in [0.2, 0.25) is 0 Å². The van der Waals surface area contributed by atoms with Gasteiger partial charge in [0.1, 0.15) is 0 Å². The molecule has 2 nitrogen and oxygen atoms in total. The van der Waals surface area contributed by atoms with Crippen LogP contribution in [0.1, 0.15) is 59.8 Å². The van der Waals surface area contributed by atoms with Crippen molar-refractivity contribution in [3.8, 4) is 0 Å². The van der Waals surface area contributed by atoms with E-state index in [0.29, 0.717) is 23.7 Å². The normalized spacial score (nSPS) is 20.8. The van der Waals surface area contributed by atoms with Crippen molar-refractivity contribution >= 4 is 5.78 Å². The third kappa shape index (κ3) is 5.01. The maximum atomic E-state index is 12.1. The van der Waals surface area contributed by atoms with Crippen molar-refractivity contribution < 1.29 is 4.79 Å². The van der Waals surface area contributed by atoms with E-state index in [-0.39, 0.29) is 11.8 Å². The van der Waals surface area contributed by atoms with Gasteiger partial charge in [0.2, 0.25) is 0 Å². The molecule has 0 heterocycles. The van der Waals surface area contributed by atoms with E-state index in [4.69, 9.17) is 0 Å². The van der Waals surface area contributed by atoms with Crippen LogP contribution in [0.4, 0.5) is 0 Å². The van der Waals surface area contributed by atoms with Crippen LogP contribution in [0, 0.1) is 23.7 Å². The number of rotatable bonds is 10. The van der Waals surface area contributed by atoms with Crippen molar-refractivity contribution in [2.75, 3.05) is 0 Å². The first-order valence-corrected chi connectivity index (χ1v) is 8.52. The van der Waals surface area contributed by atoms with Crippen molar-refractivity contribution in [1.82, 2.24) is 5.32 Å². The Morgan fingerprint density at radius 3 is 2.38 bits per heavy atom. The highest BCUT2D eigenvalue weighted by Crippen LogP contribution is 2.32. The van der Waals surface area contributed by atoms with E-state index < -0.39 is 0 Å². The molecule has 0 aromatic heterocycles. The Morgan fingerprint density at radius 1 is 1.33 bits per heavy atom. The largest absolute Gasteiger partial charge is 0.379 e. The molecule has 0 amide bonds. The number of hydrogen-bond acceptors (Lipinski definition) is 2. The van der Waals surface area contributed by atoms with Gasteiger partial charge in [0.05, 0.1) is 6.04 Å². The number of nitrogens with one attached hydrogen (secondary N) is 1. The summed E-state index contributed by atoms with van der Waals surface area (Å²) in [6.07, 6.45) is 7.38. The van der Waals surface area contributed by atoms with Gasteiger partial charge < -0.3 is 5.32 Å². The monoisotopic (exact) mass is 291 g/mol. The Morgan fingerprint density at radius 2 is 1.95 bits per heavy atom. The Kier molecular flexibility index (Phi) is 7.21. The van der Waals surface area contributed by atoms with Crippen LogP contribution in [-0.2, 0) is 4.79 Å². The summed E-state index contributed by atoms with van der Waals surface area (Å²) in [5.74, 6) is 2.41. The Hall–Kier alpha value is -1.05. The Labute approximate surface area is 131 Å². The van der Waals surface area contributed by atoms with Gasteiger partial charge in [-0.2, -0.15) is 0 Å². The first-order chi connectivity index (χ1) is 9.90. The van der Waals surface area contributed by atoms with Gasteiger partial charge in [0, 0.05) is 5.70 Å². The van der Waals surface area contributed by atoms with Gasteiger partial charge in [-0.15, -0.1) is 0 Å². The predicted octanol–water partition coefficient (Wildman–Crippen LogP) is 4.72. The molecule has 1 aliphatic carbocycles. The summed E-state index contributed by atoms with van der Waals surface area (Å²) in [7, 11) is 0. The minimum Gasteiger partial charge on any atom is -0.379 e. The van der Waals surface area contributed by atoms with Crippen molar-refractivity contribution in [3.05, 3.63) is 24.9 Å². The predicted molar refractivity (Wildman–Crippen MR) is 91.0 cm³/mol. The zero-order chi connectivity index (χ0) is 16.0. The minimum atomic E-state index is -0.133. The van der Waals surface area contributed by atoms with E-state index >= 15 is 0 Å². The lowest BCUT2D eigenvalue weighted by molar-refractivity contribution is -0.117. The fourth-order valence-corrected chi connectivity index (χ4v) is 2.99. The van der Waals surface area contributed by atoms with Gasteiger partial charge in [-0.05, 0) is 36.2 Å². The van der Waals surface area contributed by atoms with E-state index in [1.165, 1.54) is 31.8 Å². The highest BCUT2D eigenvalue weighted by molar-refractivity contribution is 5.93. The molecule has 1 aliphatic rings. The number of hydrogen-bond donors (Lipinski definition) is 1. The Balaban J connectivity index is 2.61. The average molecular weight is 291 g/mol. The summed E-state index contributed by atoms with van der Waals surface area (Å²) in [6.45, 7) is 16.9. The molecule has 0 spiro atoms.